The van der Waals surface area contributed by atoms with Crippen LogP contribution in [0.2, 0.25) is 0 Å². The first-order valence-electron chi connectivity index (χ1n) is 0. The molecule has 0 N–H and O–H groups in total. The largest absolute Gasteiger partial charge is 5.00 e. The van der Waals surface area contributed by atoms with Crippen LogP contribution in [0.25, 0.3) is 0 Å². The van der Waals surface area contributed by atoms with Gasteiger partial charge in [0, 0.05) is 0 Å². The minimum atomic E-state index is 0. The van der Waals surface area contributed by atoms with Gasteiger partial charge in [-0.05, 0) is 0 Å². The first-order chi connectivity index (χ1) is 0. The third kappa shape index (κ3) is 75.5. The van der Waals surface area contributed by atoms with Gasteiger partial charge in [-0.2, -0.15) is 0 Å². The van der Waals surface area contributed by atoms with Gasteiger partial charge in [-0.25, -0.2) is 0 Å². The molecule has 0 aliphatic carbocycles. The standard InChI is InChI=1S/2Ba.2Nb.5O.2Sr.8H/q2*+2;2*+5;5*-2;2*+2;8*-1. The van der Waals surface area contributed by atoms with E-state index in [1.54, 1.807) is 0 Å². The number of hydrogen-bond acceptors (Lipinski definition) is 0. The molecule has 11 heavy (non-hydrogen) atoms. The molecule has 0 radical (unpaired) electrons. The Bertz CT molecular complexity index is 39.1. The molecule has 0 aromatic heterocycles. The summed E-state index contributed by atoms with van der Waals surface area (Å²) in [6.45, 7) is 0. The van der Waals surface area contributed by atoms with Gasteiger partial charge in [0.2, 0.25) is 0 Å². The maximum atomic E-state index is 0. The zero-order valence-electron chi connectivity index (χ0n) is 13.8. The molecule has 0 unspecified atom stereocenters. The molecule has 0 aromatic rings. The summed E-state index contributed by atoms with van der Waals surface area (Å²) in [6, 6.07) is 0. The van der Waals surface area contributed by atoms with Crippen LogP contribution >= 0.6 is 0 Å². The minimum absolute atomic E-state index is 0. The van der Waals surface area contributed by atoms with Crippen molar-refractivity contribution in [3.63, 3.8) is 0 Å². The average molecular weight is 724 g/mol. The fourth-order valence-electron chi connectivity index (χ4n) is 0. The zero-order valence-corrected chi connectivity index (χ0v) is 26.0. The van der Waals surface area contributed by atoms with Crippen LogP contribution in [0.3, 0.4) is 0 Å². The van der Waals surface area contributed by atoms with Gasteiger partial charge < -0.3 is 38.8 Å². The summed E-state index contributed by atoms with van der Waals surface area (Å²) in [7, 11) is 0. The fourth-order valence-corrected chi connectivity index (χ4v) is 0. The quantitative estimate of drug-likeness (QED) is 0.277. The van der Waals surface area contributed by atoms with Crippen LogP contribution in [-0.4, -0.2) is 189 Å². The molecule has 0 rings (SSSR count). The van der Waals surface area contributed by atoms with Crippen molar-refractivity contribution < 1.29 is 83.6 Å². The van der Waals surface area contributed by atoms with E-state index in [4.69, 9.17) is 0 Å². The molecule has 11 heteroatoms. The maximum absolute atomic E-state index is 0. The van der Waals surface area contributed by atoms with Crippen molar-refractivity contribution in [2.75, 3.05) is 0 Å². The molecule has 0 atom stereocenters. The van der Waals surface area contributed by atoms with E-state index in [9.17, 15) is 0 Å². The van der Waals surface area contributed by atoms with Crippen LogP contribution in [0, 0.1) is 0 Å². The molecule has 0 spiro atoms. The second-order valence-electron chi connectivity index (χ2n) is 0. The van der Waals surface area contributed by atoms with Gasteiger partial charge >= 0.3 is 233 Å². The summed E-state index contributed by atoms with van der Waals surface area (Å²) in [6.07, 6.45) is 0. The van der Waals surface area contributed by atoms with E-state index in [0.717, 1.165) is 0 Å². The molecular formula is H8Ba2Nb2O5Sr2. The molecule has 0 aliphatic heterocycles. The summed E-state index contributed by atoms with van der Waals surface area (Å²) in [4.78, 5) is 0. The molecular weight excluding hydrogens is 716 g/mol. The van der Waals surface area contributed by atoms with Gasteiger partial charge in [-0.1, -0.05) is 0 Å². The molecule has 0 aliphatic rings. The number of rotatable bonds is 0. The first-order valence-corrected chi connectivity index (χ1v) is 0. The van der Waals surface area contributed by atoms with Crippen molar-refractivity contribution >= 4 is 189 Å². The SMILES string of the molecule is [Ba+2].[Ba+2].[H-].[H-].[H-].[H-].[H-].[H-].[H-].[H-].[Nb+5].[Nb+5].[O-2].[O-2].[O-2].[O-2].[O-2].[Sr+2].[Sr+2]. The van der Waals surface area contributed by atoms with Crippen molar-refractivity contribution in [2.24, 2.45) is 0 Å². The summed E-state index contributed by atoms with van der Waals surface area (Å²) in [5.41, 5.74) is 0. The maximum Gasteiger partial charge on any atom is 5.00 e. The van der Waals surface area contributed by atoms with Crippen molar-refractivity contribution in [1.82, 2.24) is 0 Å². The second-order valence-corrected chi connectivity index (χ2v) is 0. The first kappa shape index (κ1) is 102. The predicted molar refractivity (Wildman–Crippen MR) is 35.3 cm³/mol. The summed E-state index contributed by atoms with van der Waals surface area (Å²) < 4.78 is 0. The minimum Gasteiger partial charge on any atom is -2.00 e. The zero-order chi connectivity index (χ0) is 0. The Hall–Kier alpha value is 7.38. The van der Waals surface area contributed by atoms with Gasteiger partial charge in [0.1, 0.15) is 0 Å². The fraction of sp³-hybridized carbons (Fsp3) is 0. The van der Waals surface area contributed by atoms with Crippen LogP contribution < -0.4 is 0 Å². The Labute approximate surface area is 264 Å². The normalized spacial score (nSPS) is 0. The van der Waals surface area contributed by atoms with Crippen molar-refractivity contribution in [1.29, 1.82) is 0 Å². The summed E-state index contributed by atoms with van der Waals surface area (Å²) in [5, 5.41) is 0. The third-order valence-corrected chi connectivity index (χ3v) is 0. The molecule has 0 heterocycles. The smallest absolute Gasteiger partial charge is 2.00 e. The number of hydrogen-bond donors (Lipinski definition) is 0. The van der Waals surface area contributed by atoms with Gasteiger partial charge in [-0.15, -0.1) is 0 Å². The van der Waals surface area contributed by atoms with Gasteiger partial charge in [0.05, 0.1) is 0 Å². The van der Waals surface area contributed by atoms with E-state index >= 15 is 0 Å². The van der Waals surface area contributed by atoms with Crippen LogP contribution in [0.5, 0.6) is 0 Å². The predicted octanol–water partition coefficient (Wildman–Crippen LogP) is -1.22. The van der Waals surface area contributed by atoms with Crippen LogP contribution in [0.15, 0.2) is 0 Å². The van der Waals surface area contributed by atoms with Crippen LogP contribution in [-0.2, 0) is 72.1 Å². The van der Waals surface area contributed by atoms with E-state index in [2.05, 4.69) is 0 Å². The molecule has 0 saturated carbocycles. The monoisotopic (exact) mass is 725 g/mol. The molecule has 5 nitrogen and oxygen atoms in total. The average Bonchev–Trinajstić information content (AvgIpc) is 0. The Kier molecular flexibility index (Phi) is 793. The van der Waals surface area contributed by atoms with E-state index < -0.39 is 0 Å². The van der Waals surface area contributed by atoms with Crippen molar-refractivity contribution in [3.05, 3.63) is 0 Å². The van der Waals surface area contributed by atoms with E-state index in [1.165, 1.54) is 0 Å². The molecule has 0 saturated heterocycles. The van der Waals surface area contributed by atoms with Crippen molar-refractivity contribution in [3.8, 4) is 0 Å². The molecule has 56 valence electrons. The second kappa shape index (κ2) is 85.6. The Balaban J connectivity index is 0. The van der Waals surface area contributed by atoms with E-state index in [0.29, 0.717) is 0 Å². The van der Waals surface area contributed by atoms with E-state index in [1.807, 2.05) is 0 Å². The van der Waals surface area contributed by atoms with Crippen LogP contribution in [0.1, 0.15) is 11.4 Å². The Morgan fingerprint density at radius 3 is 0.455 bits per heavy atom. The van der Waals surface area contributed by atoms with Crippen molar-refractivity contribution in [2.45, 2.75) is 0 Å². The Morgan fingerprint density at radius 1 is 0.455 bits per heavy atom. The topological polar surface area (TPSA) is 142 Å². The van der Waals surface area contributed by atoms with Gasteiger partial charge in [0.15, 0.2) is 0 Å². The molecule has 0 bridgehead atoms. The summed E-state index contributed by atoms with van der Waals surface area (Å²) in [5.74, 6) is 0. The Morgan fingerprint density at radius 2 is 0.455 bits per heavy atom. The van der Waals surface area contributed by atoms with Gasteiger partial charge in [-0.3, -0.25) is 0 Å². The third-order valence-electron chi connectivity index (χ3n) is 0. The van der Waals surface area contributed by atoms with Crippen LogP contribution in [0.4, 0.5) is 0 Å². The van der Waals surface area contributed by atoms with Gasteiger partial charge in [0.25, 0.3) is 0 Å². The molecule has 0 fully saturated rings. The summed E-state index contributed by atoms with van der Waals surface area (Å²) >= 11 is 0. The molecule has 0 aromatic carbocycles. The van der Waals surface area contributed by atoms with E-state index in [-0.39, 0.29) is 272 Å². The molecule has 0 amide bonds.